The molecule has 2 saturated heterocycles. The van der Waals surface area contributed by atoms with E-state index in [1.54, 1.807) is 24.3 Å². The molecule has 0 saturated carbocycles. The van der Waals surface area contributed by atoms with Crippen LogP contribution in [0.4, 0.5) is 11.4 Å². The minimum atomic E-state index is -0.445. The summed E-state index contributed by atoms with van der Waals surface area (Å²) in [5, 5.41) is 22.0. The van der Waals surface area contributed by atoms with Gasteiger partial charge < -0.3 is 26.0 Å². The zero-order valence-electron chi connectivity index (χ0n) is 22.1. The third-order valence-corrected chi connectivity index (χ3v) is 6.07. The van der Waals surface area contributed by atoms with Crippen LogP contribution < -0.4 is 11.1 Å². The maximum Gasteiger partial charge on any atom is 0.269 e. The lowest BCUT2D eigenvalue weighted by Crippen LogP contribution is -2.44. The Hall–Kier alpha value is -3.08. The Bertz CT molecular complexity index is 949. The molecule has 0 aromatic heterocycles. The SMILES string of the molecule is CN1CCN(C/C=C/c2ccc(N)cc2)CC1.CN1CCNCC1.O=[N+]([O-])c1ccc(/C=C/CO)cc1. The summed E-state index contributed by atoms with van der Waals surface area (Å²) in [5.41, 5.74) is 8.59. The molecule has 2 aliphatic heterocycles. The Kier molecular flexibility index (Phi) is 14.2. The van der Waals surface area contributed by atoms with Crippen molar-refractivity contribution < 1.29 is 10.0 Å². The second-order valence-electron chi connectivity index (χ2n) is 9.16. The van der Waals surface area contributed by atoms with Gasteiger partial charge in [-0.05, 0) is 49.5 Å². The van der Waals surface area contributed by atoms with E-state index in [-0.39, 0.29) is 12.3 Å². The van der Waals surface area contributed by atoms with Crippen LogP contribution >= 0.6 is 0 Å². The second-order valence-corrected chi connectivity index (χ2v) is 9.16. The van der Waals surface area contributed by atoms with Crippen molar-refractivity contribution in [2.45, 2.75) is 0 Å². The van der Waals surface area contributed by atoms with Crippen molar-refractivity contribution >= 4 is 23.5 Å². The predicted octanol–water partition coefficient (Wildman–Crippen LogP) is 2.65. The number of aliphatic hydroxyl groups is 1. The summed E-state index contributed by atoms with van der Waals surface area (Å²) in [6.07, 6.45) is 7.67. The first-order valence-corrected chi connectivity index (χ1v) is 12.7. The van der Waals surface area contributed by atoms with E-state index in [2.05, 4.69) is 58.4 Å². The second kappa shape index (κ2) is 17.4. The molecule has 37 heavy (non-hydrogen) atoms. The Labute approximate surface area is 221 Å². The molecular weight excluding hydrogens is 468 g/mol. The fraction of sp³-hybridized carbons (Fsp3) is 0.429. The highest BCUT2D eigenvalue weighted by atomic mass is 16.6. The summed E-state index contributed by atoms with van der Waals surface area (Å²) in [6, 6.07) is 14.1. The molecule has 2 aromatic rings. The van der Waals surface area contributed by atoms with E-state index in [4.69, 9.17) is 10.8 Å². The number of aliphatic hydroxyl groups excluding tert-OH is 1. The fourth-order valence-corrected chi connectivity index (χ4v) is 3.65. The molecule has 9 nitrogen and oxygen atoms in total. The molecule has 2 aromatic carbocycles. The molecule has 0 atom stereocenters. The fourth-order valence-electron chi connectivity index (χ4n) is 3.65. The van der Waals surface area contributed by atoms with Gasteiger partial charge >= 0.3 is 0 Å². The number of nitrogens with zero attached hydrogens (tertiary/aromatic N) is 4. The summed E-state index contributed by atoms with van der Waals surface area (Å²) < 4.78 is 0. The van der Waals surface area contributed by atoms with Crippen LogP contribution in [0.3, 0.4) is 0 Å². The third kappa shape index (κ3) is 13.2. The quantitative estimate of drug-likeness (QED) is 0.309. The van der Waals surface area contributed by atoms with Gasteiger partial charge in [0, 0.05) is 76.7 Å². The van der Waals surface area contributed by atoms with E-state index in [1.807, 2.05) is 12.1 Å². The molecule has 202 valence electrons. The van der Waals surface area contributed by atoms with Gasteiger partial charge in [0.2, 0.25) is 0 Å². The number of likely N-dealkylation sites (N-methyl/N-ethyl adjacent to an activating group) is 2. The van der Waals surface area contributed by atoms with E-state index in [1.165, 1.54) is 57.0 Å². The van der Waals surface area contributed by atoms with Gasteiger partial charge in [-0.3, -0.25) is 15.0 Å². The highest BCUT2D eigenvalue weighted by Crippen LogP contribution is 2.12. The normalized spacial score (nSPS) is 17.2. The van der Waals surface area contributed by atoms with Crippen LogP contribution in [0.5, 0.6) is 0 Å². The molecule has 0 unspecified atom stereocenters. The van der Waals surface area contributed by atoms with Crippen LogP contribution in [-0.4, -0.2) is 104 Å². The Morgan fingerprint density at radius 3 is 1.86 bits per heavy atom. The molecule has 2 aliphatic rings. The molecule has 0 aliphatic carbocycles. The largest absolute Gasteiger partial charge is 0.399 e. The van der Waals surface area contributed by atoms with Crippen molar-refractivity contribution in [3.63, 3.8) is 0 Å². The van der Waals surface area contributed by atoms with Gasteiger partial charge in [-0.15, -0.1) is 0 Å². The maximum absolute atomic E-state index is 10.3. The van der Waals surface area contributed by atoms with Crippen molar-refractivity contribution in [3.05, 3.63) is 81.9 Å². The van der Waals surface area contributed by atoms with Crippen LogP contribution in [-0.2, 0) is 0 Å². The van der Waals surface area contributed by atoms with Crippen molar-refractivity contribution in [2.75, 3.05) is 85.3 Å². The van der Waals surface area contributed by atoms with Crippen molar-refractivity contribution in [1.82, 2.24) is 20.0 Å². The first-order chi connectivity index (χ1) is 17.9. The number of hydrogen-bond acceptors (Lipinski definition) is 8. The number of nitrogens with two attached hydrogens (primary N) is 1. The van der Waals surface area contributed by atoms with Gasteiger partial charge in [0.15, 0.2) is 0 Å². The van der Waals surface area contributed by atoms with Crippen LogP contribution in [0.1, 0.15) is 11.1 Å². The lowest BCUT2D eigenvalue weighted by molar-refractivity contribution is -0.384. The molecule has 0 spiro atoms. The number of anilines is 1. The standard InChI is InChI=1S/C14H21N3.C9H9NO3.C5H12N2/c1-16-9-11-17(12-10-16)8-2-3-13-4-6-14(15)7-5-13;11-7-1-2-8-3-5-9(6-4-8)10(12)13;1-7-4-2-6-3-5-7/h2-7H,8-12,15H2,1H3;1-6,11H,7H2;6H,2-5H2,1H3/b3-2+;2-1+;. The summed E-state index contributed by atoms with van der Waals surface area (Å²) in [5.74, 6) is 0. The number of non-ortho nitro benzene ring substituents is 1. The molecule has 4 rings (SSSR count). The van der Waals surface area contributed by atoms with Crippen molar-refractivity contribution in [1.29, 1.82) is 0 Å². The van der Waals surface area contributed by atoms with Crippen LogP contribution in [0.15, 0.2) is 60.7 Å². The Balaban J connectivity index is 0.000000212. The highest BCUT2D eigenvalue weighted by molar-refractivity contribution is 5.53. The van der Waals surface area contributed by atoms with E-state index < -0.39 is 4.92 Å². The first kappa shape index (κ1) is 30.1. The molecule has 2 fully saturated rings. The third-order valence-electron chi connectivity index (χ3n) is 6.07. The van der Waals surface area contributed by atoms with Crippen LogP contribution in [0.2, 0.25) is 0 Å². The molecule has 9 heteroatoms. The van der Waals surface area contributed by atoms with Gasteiger partial charge in [-0.2, -0.15) is 0 Å². The average molecular weight is 511 g/mol. The number of nitrogen functional groups attached to an aromatic ring is 1. The number of rotatable bonds is 6. The molecule has 4 N–H and O–H groups in total. The van der Waals surface area contributed by atoms with Crippen LogP contribution in [0, 0.1) is 10.1 Å². The number of nitro benzene ring substituents is 1. The topological polar surface area (TPSA) is 111 Å². The number of benzene rings is 2. The summed E-state index contributed by atoms with van der Waals surface area (Å²) in [6.45, 7) is 10.4. The summed E-state index contributed by atoms with van der Waals surface area (Å²) >= 11 is 0. The van der Waals surface area contributed by atoms with Crippen molar-refractivity contribution in [2.24, 2.45) is 0 Å². The van der Waals surface area contributed by atoms with E-state index >= 15 is 0 Å². The predicted molar refractivity (Wildman–Crippen MR) is 153 cm³/mol. The molecule has 2 heterocycles. The summed E-state index contributed by atoms with van der Waals surface area (Å²) in [4.78, 5) is 17.0. The van der Waals surface area contributed by atoms with Gasteiger partial charge in [-0.1, -0.05) is 36.4 Å². The van der Waals surface area contributed by atoms with Gasteiger partial charge in [0.05, 0.1) is 11.5 Å². The molecule has 0 bridgehead atoms. The number of nitrogens with one attached hydrogen (secondary N) is 1. The minimum absolute atomic E-state index is 0.0308. The van der Waals surface area contributed by atoms with E-state index in [0.29, 0.717) is 0 Å². The smallest absolute Gasteiger partial charge is 0.269 e. The summed E-state index contributed by atoms with van der Waals surface area (Å²) in [7, 11) is 4.34. The highest BCUT2D eigenvalue weighted by Gasteiger charge is 2.11. The Morgan fingerprint density at radius 2 is 1.38 bits per heavy atom. The maximum atomic E-state index is 10.3. The van der Waals surface area contributed by atoms with E-state index in [9.17, 15) is 10.1 Å². The van der Waals surface area contributed by atoms with Crippen molar-refractivity contribution in [3.8, 4) is 0 Å². The zero-order chi connectivity index (χ0) is 26.9. The van der Waals surface area contributed by atoms with Gasteiger partial charge in [0.25, 0.3) is 5.69 Å². The molecular formula is C28H42N6O3. The number of hydrogen-bond donors (Lipinski definition) is 3. The zero-order valence-corrected chi connectivity index (χ0v) is 22.1. The van der Waals surface area contributed by atoms with Crippen LogP contribution in [0.25, 0.3) is 12.2 Å². The first-order valence-electron chi connectivity index (χ1n) is 12.7. The van der Waals surface area contributed by atoms with E-state index in [0.717, 1.165) is 30.9 Å². The van der Waals surface area contributed by atoms with Gasteiger partial charge in [-0.25, -0.2) is 0 Å². The monoisotopic (exact) mass is 510 g/mol. The van der Waals surface area contributed by atoms with Gasteiger partial charge in [0.1, 0.15) is 0 Å². The number of nitro groups is 1. The number of piperazine rings is 2. The minimum Gasteiger partial charge on any atom is -0.399 e. The lowest BCUT2D eigenvalue weighted by Gasteiger charge is -2.31. The lowest BCUT2D eigenvalue weighted by atomic mass is 10.2. The molecule has 0 radical (unpaired) electrons. The molecule has 0 amide bonds. The average Bonchev–Trinajstić information content (AvgIpc) is 2.91. The Morgan fingerprint density at radius 1 is 0.865 bits per heavy atom.